The number of rotatable bonds is 9. The molecular weight excluding hydrogens is 362 g/mol. The maximum atomic E-state index is 10.1. The van der Waals surface area contributed by atoms with E-state index < -0.39 is 6.10 Å². The Morgan fingerprint density at radius 1 is 1.04 bits per heavy atom. The molecule has 0 saturated carbocycles. The number of benzene rings is 2. The van der Waals surface area contributed by atoms with Gasteiger partial charge in [-0.15, -0.1) is 0 Å². The summed E-state index contributed by atoms with van der Waals surface area (Å²) in [5.41, 5.74) is 0. The molecule has 0 amide bonds. The van der Waals surface area contributed by atoms with E-state index in [4.69, 9.17) is 14.9 Å². The van der Waals surface area contributed by atoms with Gasteiger partial charge in [0.1, 0.15) is 18.5 Å². The maximum Gasteiger partial charge on any atom is 0.134 e. The largest absolute Gasteiger partial charge is 0.490 e. The van der Waals surface area contributed by atoms with E-state index in [1.807, 2.05) is 36.4 Å². The first-order valence-electron chi connectivity index (χ1n) is 7.58. The first-order chi connectivity index (χ1) is 11.2. The molecule has 0 heterocycles. The zero-order chi connectivity index (χ0) is 16.7. The third-order valence-corrected chi connectivity index (χ3v) is 4.38. The van der Waals surface area contributed by atoms with E-state index >= 15 is 0 Å². The van der Waals surface area contributed by atoms with Crippen molar-refractivity contribution in [2.24, 2.45) is 0 Å². The van der Waals surface area contributed by atoms with Crippen LogP contribution in [0.2, 0.25) is 0 Å². The normalized spacial score (nSPS) is 12.7. The lowest BCUT2D eigenvalue weighted by Crippen LogP contribution is -2.38. The molecular formula is C17H22BrNO4. The molecule has 0 aromatic heterocycles. The highest BCUT2D eigenvalue weighted by Crippen LogP contribution is 2.33. The third-order valence-electron chi connectivity index (χ3n) is 3.56. The number of ether oxygens (including phenoxy) is 1. The van der Waals surface area contributed by atoms with Gasteiger partial charge in [-0.1, -0.05) is 30.3 Å². The molecule has 2 aromatic carbocycles. The van der Waals surface area contributed by atoms with Crippen molar-refractivity contribution in [1.82, 2.24) is 4.90 Å². The fourth-order valence-corrected chi connectivity index (χ4v) is 3.05. The lowest BCUT2D eigenvalue weighted by Gasteiger charge is -2.23. The number of aliphatic hydroxyl groups excluding tert-OH is 3. The fraction of sp³-hybridized carbons (Fsp3) is 0.412. The second kappa shape index (κ2) is 9.20. The lowest BCUT2D eigenvalue weighted by molar-refractivity contribution is 0.0551. The van der Waals surface area contributed by atoms with Crippen LogP contribution in [-0.4, -0.2) is 65.8 Å². The maximum absolute atomic E-state index is 10.1. The van der Waals surface area contributed by atoms with Crippen molar-refractivity contribution in [1.29, 1.82) is 0 Å². The average Bonchev–Trinajstić information content (AvgIpc) is 2.55. The highest BCUT2D eigenvalue weighted by Gasteiger charge is 2.13. The van der Waals surface area contributed by atoms with Crippen molar-refractivity contribution in [2.75, 3.05) is 39.5 Å². The summed E-state index contributed by atoms with van der Waals surface area (Å²) in [6.07, 6.45) is -0.702. The van der Waals surface area contributed by atoms with Gasteiger partial charge in [0.05, 0.1) is 17.7 Å². The van der Waals surface area contributed by atoms with Crippen molar-refractivity contribution in [2.45, 2.75) is 6.10 Å². The predicted molar refractivity (Wildman–Crippen MR) is 93.8 cm³/mol. The Kier molecular flexibility index (Phi) is 7.26. The molecule has 0 aliphatic heterocycles. The van der Waals surface area contributed by atoms with Crippen molar-refractivity contribution >= 4 is 26.7 Å². The van der Waals surface area contributed by atoms with Crippen LogP contribution in [0.25, 0.3) is 10.8 Å². The number of hydrogen-bond donors (Lipinski definition) is 3. The van der Waals surface area contributed by atoms with Crippen LogP contribution in [-0.2, 0) is 0 Å². The molecule has 1 atom stereocenters. The van der Waals surface area contributed by atoms with Gasteiger partial charge in [0.15, 0.2) is 0 Å². The Labute approximate surface area is 144 Å². The Hall–Kier alpha value is -1.18. The summed E-state index contributed by atoms with van der Waals surface area (Å²) in [6.45, 7) is 1.29. The Morgan fingerprint density at radius 3 is 2.43 bits per heavy atom. The summed E-state index contributed by atoms with van der Waals surface area (Å²) < 4.78 is 6.58. The summed E-state index contributed by atoms with van der Waals surface area (Å²) in [5, 5.41) is 30.2. The van der Waals surface area contributed by atoms with Gasteiger partial charge in [-0.3, -0.25) is 4.90 Å². The van der Waals surface area contributed by atoms with Crippen LogP contribution in [0.5, 0.6) is 5.75 Å². The van der Waals surface area contributed by atoms with Gasteiger partial charge >= 0.3 is 0 Å². The van der Waals surface area contributed by atoms with Gasteiger partial charge in [-0.25, -0.2) is 0 Å². The summed E-state index contributed by atoms with van der Waals surface area (Å²) >= 11 is 3.55. The number of nitrogens with zero attached hydrogens (tertiary/aromatic N) is 1. The predicted octanol–water partition coefficient (Wildman–Crippen LogP) is 1.63. The van der Waals surface area contributed by atoms with Gasteiger partial charge in [0, 0.05) is 19.6 Å². The molecule has 0 fully saturated rings. The molecule has 126 valence electrons. The first kappa shape index (κ1) is 18.2. The molecule has 0 saturated heterocycles. The minimum Gasteiger partial charge on any atom is -0.490 e. The van der Waals surface area contributed by atoms with Crippen molar-refractivity contribution in [3.63, 3.8) is 0 Å². The standard InChI is InChI=1S/C17H22BrNO4/c18-17-15-4-2-1-3-13(15)5-6-16(17)23-12-14(22)11-19(7-9-20)8-10-21/h1-6,14,20-22H,7-12H2/t14-/m1/s1. The Bertz CT molecular complexity index is 617. The number of hydrogen-bond acceptors (Lipinski definition) is 5. The summed E-state index contributed by atoms with van der Waals surface area (Å²) in [6, 6.07) is 11.8. The molecule has 0 radical (unpaired) electrons. The molecule has 3 N–H and O–H groups in total. The second-order valence-electron chi connectivity index (χ2n) is 5.31. The van der Waals surface area contributed by atoms with E-state index in [1.54, 1.807) is 4.90 Å². The Morgan fingerprint density at radius 2 is 1.74 bits per heavy atom. The quantitative estimate of drug-likeness (QED) is 0.613. The van der Waals surface area contributed by atoms with Crippen LogP contribution in [0.4, 0.5) is 0 Å². The van der Waals surface area contributed by atoms with Gasteiger partial charge in [-0.05, 0) is 32.8 Å². The highest BCUT2D eigenvalue weighted by molar-refractivity contribution is 9.10. The smallest absolute Gasteiger partial charge is 0.134 e. The minimum atomic E-state index is -0.702. The Balaban J connectivity index is 1.96. The molecule has 0 aliphatic rings. The fourth-order valence-electron chi connectivity index (χ4n) is 2.44. The van der Waals surface area contributed by atoms with E-state index in [1.165, 1.54) is 0 Å². The number of fused-ring (bicyclic) bond motifs is 1. The van der Waals surface area contributed by atoms with E-state index in [0.29, 0.717) is 25.4 Å². The van der Waals surface area contributed by atoms with Gasteiger partial charge in [0.25, 0.3) is 0 Å². The van der Waals surface area contributed by atoms with Crippen LogP contribution in [0.3, 0.4) is 0 Å². The highest BCUT2D eigenvalue weighted by atomic mass is 79.9. The topological polar surface area (TPSA) is 73.2 Å². The van der Waals surface area contributed by atoms with E-state index in [9.17, 15) is 5.11 Å². The zero-order valence-corrected chi connectivity index (χ0v) is 14.4. The molecule has 0 spiro atoms. The van der Waals surface area contributed by atoms with Crippen LogP contribution < -0.4 is 4.74 Å². The number of halogens is 1. The summed E-state index contributed by atoms with van der Waals surface area (Å²) in [4.78, 5) is 1.80. The van der Waals surface area contributed by atoms with Crippen molar-refractivity contribution in [3.8, 4) is 5.75 Å². The average molecular weight is 384 g/mol. The molecule has 5 nitrogen and oxygen atoms in total. The van der Waals surface area contributed by atoms with Gasteiger partial charge in [-0.2, -0.15) is 0 Å². The molecule has 0 unspecified atom stereocenters. The van der Waals surface area contributed by atoms with Crippen LogP contribution in [0, 0.1) is 0 Å². The van der Waals surface area contributed by atoms with Crippen LogP contribution in [0.1, 0.15) is 0 Å². The second-order valence-corrected chi connectivity index (χ2v) is 6.10. The monoisotopic (exact) mass is 383 g/mol. The molecule has 2 aromatic rings. The molecule has 2 rings (SSSR count). The van der Waals surface area contributed by atoms with Crippen LogP contribution in [0.15, 0.2) is 40.9 Å². The third kappa shape index (κ3) is 5.16. The van der Waals surface area contributed by atoms with Crippen molar-refractivity contribution < 1.29 is 20.1 Å². The van der Waals surface area contributed by atoms with E-state index in [2.05, 4.69) is 15.9 Å². The summed E-state index contributed by atoms with van der Waals surface area (Å²) in [7, 11) is 0. The molecule has 0 aliphatic carbocycles. The van der Waals surface area contributed by atoms with Crippen LogP contribution >= 0.6 is 15.9 Å². The zero-order valence-electron chi connectivity index (χ0n) is 12.9. The van der Waals surface area contributed by atoms with Gasteiger partial charge in [0.2, 0.25) is 0 Å². The SMILES string of the molecule is OCCN(CCO)C[C@@H](O)COc1ccc2ccccc2c1Br. The summed E-state index contributed by atoms with van der Waals surface area (Å²) in [5.74, 6) is 0.679. The molecule has 6 heteroatoms. The van der Waals surface area contributed by atoms with E-state index in [-0.39, 0.29) is 19.8 Å². The molecule has 0 bridgehead atoms. The van der Waals surface area contributed by atoms with E-state index in [0.717, 1.165) is 15.2 Å². The van der Waals surface area contributed by atoms with Gasteiger partial charge < -0.3 is 20.1 Å². The lowest BCUT2D eigenvalue weighted by atomic mass is 10.1. The van der Waals surface area contributed by atoms with Crippen molar-refractivity contribution in [3.05, 3.63) is 40.9 Å². The molecule has 23 heavy (non-hydrogen) atoms. The number of aliphatic hydroxyl groups is 3. The minimum absolute atomic E-state index is 0.0101. The first-order valence-corrected chi connectivity index (χ1v) is 8.37.